The van der Waals surface area contributed by atoms with Gasteiger partial charge in [-0.05, 0) is 43.2 Å². The molecular formula is C19H21ClN2O3. The minimum atomic E-state index is -0.490. The van der Waals surface area contributed by atoms with Gasteiger partial charge in [0.1, 0.15) is 0 Å². The van der Waals surface area contributed by atoms with Gasteiger partial charge in [0.15, 0.2) is 0 Å². The highest BCUT2D eigenvalue weighted by Gasteiger charge is 2.13. The van der Waals surface area contributed by atoms with E-state index in [1.54, 1.807) is 24.3 Å². The molecule has 2 rings (SSSR count). The molecule has 6 heteroatoms. The first-order valence-corrected chi connectivity index (χ1v) is 8.28. The van der Waals surface area contributed by atoms with Crippen LogP contribution in [0.1, 0.15) is 27.9 Å². The third-order valence-corrected chi connectivity index (χ3v) is 3.99. The van der Waals surface area contributed by atoms with E-state index in [1.165, 1.54) is 7.11 Å². The number of anilines is 2. The quantitative estimate of drug-likeness (QED) is 0.758. The smallest absolute Gasteiger partial charge is 0.339 e. The predicted octanol–water partition coefficient (Wildman–Crippen LogP) is 4.18. The second-order valence-electron chi connectivity index (χ2n) is 5.70. The van der Waals surface area contributed by atoms with E-state index in [0.29, 0.717) is 22.8 Å². The molecule has 2 aromatic carbocycles. The lowest BCUT2D eigenvalue weighted by atomic mass is 10.1. The Morgan fingerprint density at radius 1 is 1.16 bits per heavy atom. The van der Waals surface area contributed by atoms with E-state index in [4.69, 9.17) is 16.3 Å². The maximum atomic E-state index is 12.2. The number of carbonyl (C=O) groups excluding carboxylic acids is 2. The average Bonchev–Trinajstić information content (AvgIpc) is 2.57. The molecule has 0 aliphatic heterocycles. The predicted molar refractivity (Wildman–Crippen MR) is 100 cm³/mol. The fourth-order valence-corrected chi connectivity index (χ4v) is 2.92. The van der Waals surface area contributed by atoms with Gasteiger partial charge in [-0.1, -0.05) is 29.8 Å². The zero-order chi connectivity index (χ0) is 18.4. The first kappa shape index (κ1) is 18.8. The van der Waals surface area contributed by atoms with Crippen LogP contribution in [0.3, 0.4) is 0 Å². The van der Waals surface area contributed by atoms with Crippen molar-refractivity contribution in [2.45, 2.75) is 20.3 Å². The molecular weight excluding hydrogens is 340 g/mol. The van der Waals surface area contributed by atoms with Crippen molar-refractivity contribution < 1.29 is 14.3 Å². The van der Waals surface area contributed by atoms with E-state index >= 15 is 0 Å². The van der Waals surface area contributed by atoms with E-state index < -0.39 is 5.97 Å². The van der Waals surface area contributed by atoms with Gasteiger partial charge in [0.2, 0.25) is 5.91 Å². The van der Waals surface area contributed by atoms with Crippen molar-refractivity contribution in [2.24, 2.45) is 0 Å². The second-order valence-corrected chi connectivity index (χ2v) is 6.11. The molecule has 0 fully saturated rings. The Bertz CT molecular complexity index is 767. The first-order chi connectivity index (χ1) is 11.9. The molecule has 0 spiro atoms. The van der Waals surface area contributed by atoms with Gasteiger partial charge >= 0.3 is 5.97 Å². The highest BCUT2D eigenvalue weighted by Crippen LogP contribution is 2.27. The van der Waals surface area contributed by atoms with Crippen molar-refractivity contribution in [3.8, 4) is 0 Å². The van der Waals surface area contributed by atoms with E-state index in [2.05, 4.69) is 10.6 Å². The topological polar surface area (TPSA) is 67.4 Å². The number of amides is 1. The highest BCUT2D eigenvalue weighted by molar-refractivity contribution is 6.33. The molecule has 0 heterocycles. The maximum Gasteiger partial charge on any atom is 0.339 e. The molecule has 132 valence electrons. The Morgan fingerprint density at radius 3 is 2.56 bits per heavy atom. The number of hydrogen-bond acceptors (Lipinski definition) is 4. The molecule has 0 aromatic heterocycles. The Labute approximate surface area is 152 Å². The number of esters is 1. The molecule has 0 aliphatic carbocycles. The zero-order valence-electron chi connectivity index (χ0n) is 14.5. The zero-order valence-corrected chi connectivity index (χ0v) is 15.2. The Hall–Kier alpha value is -2.53. The number of rotatable bonds is 6. The van der Waals surface area contributed by atoms with Crippen LogP contribution in [0, 0.1) is 13.8 Å². The monoisotopic (exact) mass is 360 g/mol. The maximum absolute atomic E-state index is 12.2. The van der Waals surface area contributed by atoms with E-state index in [-0.39, 0.29) is 12.3 Å². The van der Waals surface area contributed by atoms with Crippen LogP contribution >= 0.6 is 11.6 Å². The number of hydrogen-bond donors (Lipinski definition) is 2. The summed E-state index contributed by atoms with van der Waals surface area (Å²) in [5.74, 6) is -0.694. The summed E-state index contributed by atoms with van der Waals surface area (Å²) in [6.45, 7) is 4.37. The van der Waals surface area contributed by atoms with Gasteiger partial charge in [0, 0.05) is 13.0 Å². The number of nitrogens with one attached hydrogen (secondary N) is 2. The summed E-state index contributed by atoms with van der Waals surface area (Å²) < 4.78 is 4.72. The second kappa shape index (κ2) is 8.53. The van der Waals surface area contributed by atoms with Gasteiger partial charge in [-0.25, -0.2) is 4.79 Å². The van der Waals surface area contributed by atoms with Gasteiger partial charge < -0.3 is 15.4 Å². The molecule has 0 atom stereocenters. The third-order valence-electron chi connectivity index (χ3n) is 3.69. The summed E-state index contributed by atoms with van der Waals surface area (Å²) in [7, 11) is 1.30. The van der Waals surface area contributed by atoms with E-state index in [1.807, 2.05) is 26.0 Å². The largest absolute Gasteiger partial charge is 0.465 e. The molecule has 2 aromatic rings. The molecule has 0 saturated heterocycles. The normalized spacial score (nSPS) is 10.2. The fourth-order valence-electron chi connectivity index (χ4n) is 2.53. The molecule has 0 bridgehead atoms. The summed E-state index contributed by atoms with van der Waals surface area (Å²) in [4.78, 5) is 23.9. The summed E-state index contributed by atoms with van der Waals surface area (Å²) in [6.07, 6.45) is 0.235. The molecule has 0 radical (unpaired) electrons. The van der Waals surface area contributed by atoms with Crippen molar-refractivity contribution in [1.82, 2.24) is 0 Å². The van der Waals surface area contributed by atoms with Crippen molar-refractivity contribution in [3.63, 3.8) is 0 Å². The molecule has 1 amide bonds. The standard InChI is InChI=1S/C19H21ClN2O3/c1-12-10-13(2)18(15(20)11-12)21-9-8-17(23)22-16-7-5-4-6-14(16)19(24)25-3/h4-7,10-11,21H,8-9H2,1-3H3,(H,22,23). The van der Waals surface area contributed by atoms with Crippen LogP contribution in [-0.2, 0) is 9.53 Å². The van der Waals surface area contributed by atoms with Gasteiger partial charge in [-0.15, -0.1) is 0 Å². The number of ether oxygens (including phenoxy) is 1. The lowest BCUT2D eigenvalue weighted by Gasteiger charge is -2.13. The van der Waals surface area contributed by atoms with Crippen LogP contribution in [0.4, 0.5) is 11.4 Å². The number of halogens is 1. The molecule has 2 N–H and O–H groups in total. The van der Waals surface area contributed by atoms with Crippen molar-refractivity contribution in [3.05, 3.63) is 58.1 Å². The van der Waals surface area contributed by atoms with Gasteiger partial charge in [-0.3, -0.25) is 4.79 Å². The average molecular weight is 361 g/mol. The van der Waals surface area contributed by atoms with Crippen LogP contribution in [0.25, 0.3) is 0 Å². The Kier molecular flexibility index (Phi) is 6.42. The molecule has 5 nitrogen and oxygen atoms in total. The third kappa shape index (κ3) is 4.97. The molecule has 0 saturated carbocycles. The first-order valence-electron chi connectivity index (χ1n) is 7.90. The van der Waals surface area contributed by atoms with Gasteiger partial charge in [0.05, 0.1) is 29.1 Å². The van der Waals surface area contributed by atoms with Crippen LogP contribution in [-0.4, -0.2) is 25.5 Å². The lowest BCUT2D eigenvalue weighted by Crippen LogP contribution is -2.18. The highest BCUT2D eigenvalue weighted by atomic mass is 35.5. The SMILES string of the molecule is COC(=O)c1ccccc1NC(=O)CCNc1c(C)cc(C)cc1Cl. The van der Waals surface area contributed by atoms with Gasteiger partial charge in [-0.2, -0.15) is 0 Å². The molecule has 25 heavy (non-hydrogen) atoms. The van der Waals surface area contributed by atoms with Crippen LogP contribution < -0.4 is 10.6 Å². The van der Waals surface area contributed by atoms with Crippen molar-refractivity contribution in [1.29, 1.82) is 0 Å². The lowest BCUT2D eigenvalue weighted by molar-refractivity contribution is -0.115. The minimum absolute atomic E-state index is 0.204. The molecule has 0 aliphatic rings. The fraction of sp³-hybridized carbons (Fsp3) is 0.263. The van der Waals surface area contributed by atoms with Crippen LogP contribution in [0.5, 0.6) is 0 Å². The number of methoxy groups -OCH3 is 1. The van der Waals surface area contributed by atoms with Crippen molar-refractivity contribution in [2.75, 3.05) is 24.3 Å². The van der Waals surface area contributed by atoms with Crippen LogP contribution in [0.15, 0.2) is 36.4 Å². The molecule has 0 unspecified atom stereocenters. The van der Waals surface area contributed by atoms with Crippen LogP contribution in [0.2, 0.25) is 5.02 Å². The minimum Gasteiger partial charge on any atom is -0.465 e. The summed E-state index contributed by atoms with van der Waals surface area (Å²) >= 11 is 6.24. The number of carbonyl (C=O) groups is 2. The van der Waals surface area contributed by atoms with Gasteiger partial charge in [0.25, 0.3) is 0 Å². The Morgan fingerprint density at radius 2 is 1.88 bits per heavy atom. The number of para-hydroxylation sites is 1. The summed E-state index contributed by atoms with van der Waals surface area (Å²) in [6, 6.07) is 10.6. The number of aryl methyl sites for hydroxylation is 2. The van der Waals surface area contributed by atoms with E-state index in [9.17, 15) is 9.59 Å². The summed E-state index contributed by atoms with van der Waals surface area (Å²) in [5.41, 5.74) is 3.70. The van der Waals surface area contributed by atoms with E-state index in [0.717, 1.165) is 16.8 Å². The Balaban J connectivity index is 1.95. The van der Waals surface area contributed by atoms with Crippen molar-refractivity contribution >= 4 is 34.9 Å². The number of benzene rings is 2. The summed E-state index contributed by atoms with van der Waals surface area (Å²) in [5, 5.41) is 6.56.